The molecule has 21 heavy (non-hydrogen) atoms. The smallest absolute Gasteiger partial charge is 0.234 e. The minimum absolute atomic E-state index is 0.0770. The zero-order valence-corrected chi connectivity index (χ0v) is 13.6. The van der Waals surface area contributed by atoms with E-state index >= 15 is 0 Å². The van der Waals surface area contributed by atoms with Gasteiger partial charge in [-0.15, -0.1) is 0 Å². The van der Waals surface area contributed by atoms with E-state index in [1.54, 1.807) is 0 Å². The lowest BCUT2D eigenvalue weighted by Crippen LogP contribution is -2.50. The molecule has 122 valence electrons. The summed E-state index contributed by atoms with van der Waals surface area (Å²) in [7, 11) is -3.17. The Balaban J connectivity index is 1.81. The van der Waals surface area contributed by atoms with Gasteiger partial charge in [0.05, 0.1) is 12.8 Å². The minimum Gasteiger partial charge on any atom is -0.352 e. The van der Waals surface area contributed by atoms with Crippen molar-refractivity contribution < 1.29 is 13.2 Å². The van der Waals surface area contributed by atoms with E-state index in [1.165, 1.54) is 19.1 Å². The first-order valence-electron chi connectivity index (χ1n) is 7.92. The standard InChI is InChI=1S/C14H27N3O3S/c1-21(19,20)15-10-13-8-4-5-9-17(13)11-14(18)16-12-6-2-3-7-12/h12-13,15H,2-11H2,1H3,(H,16,18)/t13-/m0/s1. The lowest BCUT2D eigenvalue weighted by molar-refractivity contribution is -0.123. The molecule has 1 saturated heterocycles. The van der Waals surface area contributed by atoms with Gasteiger partial charge in [0.15, 0.2) is 0 Å². The van der Waals surface area contributed by atoms with Gasteiger partial charge in [0.2, 0.25) is 15.9 Å². The summed E-state index contributed by atoms with van der Waals surface area (Å²) in [6.45, 7) is 1.65. The van der Waals surface area contributed by atoms with E-state index in [4.69, 9.17) is 0 Å². The number of nitrogens with one attached hydrogen (secondary N) is 2. The van der Waals surface area contributed by atoms with Crippen LogP contribution in [0.25, 0.3) is 0 Å². The van der Waals surface area contributed by atoms with Gasteiger partial charge in [-0.3, -0.25) is 9.69 Å². The molecule has 7 heteroatoms. The summed E-state index contributed by atoms with van der Waals surface area (Å²) in [4.78, 5) is 14.2. The molecule has 1 amide bonds. The topological polar surface area (TPSA) is 78.5 Å². The van der Waals surface area contributed by atoms with Crippen LogP contribution in [0.2, 0.25) is 0 Å². The molecule has 0 aromatic carbocycles. The molecule has 1 saturated carbocycles. The fraction of sp³-hybridized carbons (Fsp3) is 0.929. The van der Waals surface area contributed by atoms with Crippen molar-refractivity contribution >= 4 is 15.9 Å². The molecule has 0 bridgehead atoms. The number of hydrogen-bond acceptors (Lipinski definition) is 4. The normalized spacial score (nSPS) is 25.1. The van der Waals surface area contributed by atoms with Crippen molar-refractivity contribution in [2.45, 2.75) is 57.0 Å². The first-order chi connectivity index (χ1) is 9.94. The van der Waals surface area contributed by atoms with E-state index in [-0.39, 0.29) is 11.9 Å². The first-order valence-corrected chi connectivity index (χ1v) is 9.81. The molecule has 1 atom stereocenters. The molecule has 0 unspecified atom stereocenters. The monoisotopic (exact) mass is 317 g/mol. The summed E-state index contributed by atoms with van der Waals surface area (Å²) in [6.07, 6.45) is 8.87. The van der Waals surface area contributed by atoms with Gasteiger partial charge in [0.1, 0.15) is 0 Å². The Morgan fingerprint density at radius 3 is 2.48 bits per heavy atom. The Hall–Kier alpha value is -0.660. The molecule has 0 radical (unpaired) electrons. The number of hydrogen-bond donors (Lipinski definition) is 2. The Labute approximate surface area is 127 Å². The molecule has 0 aromatic rings. The number of amides is 1. The maximum atomic E-state index is 12.1. The van der Waals surface area contributed by atoms with Crippen LogP contribution in [0, 0.1) is 0 Å². The fourth-order valence-corrected chi connectivity index (χ4v) is 3.77. The van der Waals surface area contributed by atoms with E-state index in [2.05, 4.69) is 14.9 Å². The van der Waals surface area contributed by atoms with Crippen molar-refractivity contribution in [3.63, 3.8) is 0 Å². The zero-order valence-electron chi connectivity index (χ0n) is 12.8. The highest BCUT2D eigenvalue weighted by atomic mass is 32.2. The average Bonchev–Trinajstić information content (AvgIpc) is 2.89. The fourth-order valence-electron chi connectivity index (χ4n) is 3.27. The molecule has 0 spiro atoms. The van der Waals surface area contributed by atoms with Crippen LogP contribution in [0.15, 0.2) is 0 Å². The molecule has 2 fully saturated rings. The number of carbonyl (C=O) groups excluding carboxylic acids is 1. The Morgan fingerprint density at radius 2 is 1.81 bits per heavy atom. The van der Waals surface area contributed by atoms with E-state index in [0.717, 1.165) is 38.6 Å². The van der Waals surface area contributed by atoms with Gasteiger partial charge in [-0.2, -0.15) is 0 Å². The predicted molar refractivity (Wildman–Crippen MR) is 82.5 cm³/mol. The lowest BCUT2D eigenvalue weighted by atomic mass is 10.0. The summed E-state index contributed by atoms with van der Waals surface area (Å²) < 4.78 is 25.0. The molecule has 2 N–H and O–H groups in total. The third kappa shape index (κ3) is 5.92. The predicted octanol–water partition coefficient (Wildman–Crippen LogP) is 0.449. The Morgan fingerprint density at radius 1 is 1.14 bits per heavy atom. The van der Waals surface area contributed by atoms with Gasteiger partial charge in [-0.05, 0) is 32.2 Å². The number of carbonyl (C=O) groups is 1. The number of likely N-dealkylation sites (tertiary alicyclic amines) is 1. The average molecular weight is 317 g/mol. The van der Waals surface area contributed by atoms with Crippen molar-refractivity contribution in [3.05, 3.63) is 0 Å². The molecule has 1 aliphatic heterocycles. The van der Waals surface area contributed by atoms with Crippen molar-refractivity contribution in [2.75, 3.05) is 25.9 Å². The second kappa shape index (κ2) is 7.56. The van der Waals surface area contributed by atoms with Crippen LogP contribution in [0.5, 0.6) is 0 Å². The van der Waals surface area contributed by atoms with Crippen LogP contribution >= 0.6 is 0 Å². The maximum Gasteiger partial charge on any atom is 0.234 e. The summed E-state index contributed by atoms with van der Waals surface area (Å²) in [5.74, 6) is 0.0770. The molecular weight excluding hydrogens is 290 g/mol. The summed E-state index contributed by atoms with van der Waals surface area (Å²) in [5.41, 5.74) is 0. The Kier molecular flexibility index (Phi) is 6.01. The number of rotatable bonds is 6. The van der Waals surface area contributed by atoms with Crippen LogP contribution in [0.3, 0.4) is 0 Å². The highest BCUT2D eigenvalue weighted by Crippen LogP contribution is 2.19. The van der Waals surface area contributed by atoms with Crippen LogP contribution in [0.4, 0.5) is 0 Å². The van der Waals surface area contributed by atoms with Crippen LogP contribution in [0.1, 0.15) is 44.9 Å². The van der Waals surface area contributed by atoms with Crippen LogP contribution in [-0.2, 0) is 14.8 Å². The van der Waals surface area contributed by atoms with Crippen LogP contribution < -0.4 is 10.0 Å². The maximum absolute atomic E-state index is 12.1. The van der Waals surface area contributed by atoms with Crippen molar-refractivity contribution in [1.29, 1.82) is 0 Å². The Bertz CT molecular complexity index is 446. The molecule has 1 aliphatic carbocycles. The molecule has 0 aromatic heterocycles. The zero-order chi connectivity index (χ0) is 15.3. The minimum atomic E-state index is -3.17. The largest absolute Gasteiger partial charge is 0.352 e. The lowest BCUT2D eigenvalue weighted by Gasteiger charge is -2.35. The molecule has 1 heterocycles. The number of sulfonamides is 1. The quantitative estimate of drug-likeness (QED) is 0.745. The second-order valence-electron chi connectivity index (χ2n) is 6.29. The van der Waals surface area contributed by atoms with Crippen molar-refractivity contribution in [3.8, 4) is 0 Å². The number of nitrogens with zero attached hydrogens (tertiary/aromatic N) is 1. The van der Waals surface area contributed by atoms with Crippen LogP contribution in [-0.4, -0.2) is 57.2 Å². The van der Waals surface area contributed by atoms with E-state index in [1.807, 2.05) is 0 Å². The van der Waals surface area contributed by atoms with Gasteiger partial charge < -0.3 is 5.32 Å². The van der Waals surface area contributed by atoms with E-state index in [0.29, 0.717) is 19.1 Å². The first kappa shape index (κ1) is 16.7. The summed E-state index contributed by atoms with van der Waals surface area (Å²) >= 11 is 0. The molecule has 6 nitrogen and oxygen atoms in total. The van der Waals surface area contributed by atoms with Gasteiger partial charge in [-0.1, -0.05) is 19.3 Å². The molecule has 2 aliphatic rings. The third-order valence-electron chi connectivity index (χ3n) is 4.40. The molecule has 2 rings (SSSR count). The second-order valence-corrected chi connectivity index (χ2v) is 8.12. The van der Waals surface area contributed by atoms with E-state index in [9.17, 15) is 13.2 Å². The van der Waals surface area contributed by atoms with Crippen molar-refractivity contribution in [2.24, 2.45) is 0 Å². The van der Waals surface area contributed by atoms with Crippen molar-refractivity contribution in [1.82, 2.24) is 14.9 Å². The van der Waals surface area contributed by atoms with E-state index < -0.39 is 10.0 Å². The third-order valence-corrected chi connectivity index (χ3v) is 5.09. The highest BCUT2D eigenvalue weighted by Gasteiger charge is 2.26. The molecular formula is C14H27N3O3S. The van der Waals surface area contributed by atoms with Gasteiger partial charge in [0, 0.05) is 18.6 Å². The highest BCUT2D eigenvalue weighted by molar-refractivity contribution is 7.88. The van der Waals surface area contributed by atoms with Gasteiger partial charge >= 0.3 is 0 Å². The van der Waals surface area contributed by atoms with Gasteiger partial charge in [-0.25, -0.2) is 13.1 Å². The summed E-state index contributed by atoms with van der Waals surface area (Å²) in [5, 5.41) is 3.10. The SMILES string of the molecule is CS(=O)(=O)NC[C@@H]1CCCCN1CC(=O)NC1CCCC1. The van der Waals surface area contributed by atoms with Gasteiger partial charge in [0.25, 0.3) is 0 Å². The summed E-state index contributed by atoms with van der Waals surface area (Å²) in [6, 6.07) is 0.470. The number of piperidine rings is 1.